The van der Waals surface area contributed by atoms with Crippen molar-refractivity contribution in [2.75, 3.05) is 26.2 Å². The number of hydrogen-bond donors (Lipinski definition) is 1. The number of pyridine rings is 2. The van der Waals surface area contributed by atoms with E-state index >= 15 is 0 Å². The number of amides is 1. The Labute approximate surface area is 205 Å². The lowest BCUT2D eigenvalue weighted by Gasteiger charge is -2.39. The zero-order chi connectivity index (χ0) is 22.9. The summed E-state index contributed by atoms with van der Waals surface area (Å²) in [5.41, 5.74) is 4.75. The lowest BCUT2D eigenvalue weighted by Crippen LogP contribution is -2.51. The zero-order valence-electron chi connectivity index (χ0n) is 17.8. The van der Waals surface area contributed by atoms with Gasteiger partial charge in [-0.1, -0.05) is 17.7 Å². The van der Waals surface area contributed by atoms with Crippen LogP contribution in [0.3, 0.4) is 0 Å². The van der Waals surface area contributed by atoms with Crippen LogP contribution in [0.15, 0.2) is 59.5 Å². The summed E-state index contributed by atoms with van der Waals surface area (Å²) in [4.78, 5) is 21.5. The first kappa shape index (κ1) is 22.1. The van der Waals surface area contributed by atoms with Gasteiger partial charge in [-0.2, -0.15) is 0 Å². The normalized spacial score (nSPS) is 18.2. The van der Waals surface area contributed by atoms with E-state index < -0.39 is 6.09 Å². The molecular weight excluding hydrogens is 508 g/mol. The molecule has 1 atom stereocenters. The van der Waals surface area contributed by atoms with Crippen LogP contribution in [0.4, 0.5) is 4.79 Å². The van der Waals surface area contributed by atoms with Crippen molar-refractivity contribution >= 4 is 33.6 Å². The van der Waals surface area contributed by atoms with Crippen LogP contribution in [0.1, 0.15) is 28.4 Å². The van der Waals surface area contributed by atoms with Gasteiger partial charge < -0.3 is 9.64 Å². The highest BCUT2D eigenvalue weighted by Gasteiger charge is 2.33. The average molecular weight is 531 g/mol. The van der Waals surface area contributed by atoms with Gasteiger partial charge in [0.2, 0.25) is 11.9 Å². The topological polar surface area (TPSA) is 69.8 Å². The molecule has 170 valence electrons. The van der Waals surface area contributed by atoms with Crippen molar-refractivity contribution in [2.24, 2.45) is 0 Å². The van der Waals surface area contributed by atoms with Gasteiger partial charge in [-0.3, -0.25) is 15.1 Å². The Balaban J connectivity index is 1.37. The maximum Gasteiger partial charge on any atom is 0.415 e. The smallest absolute Gasteiger partial charge is 0.404 e. The van der Waals surface area contributed by atoms with Crippen LogP contribution in [-0.4, -0.2) is 52.3 Å². The van der Waals surface area contributed by atoms with Gasteiger partial charge in [-0.25, -0.2) is 4.79 Å². The number of hydrogen-bond acceptors (Lipinski definition) is 5. The lowest BCUT2D eigenvalue weighted by atomic mass is 9.96. The predicted octanol–water partition coefficient (Wildman–Crippen LogP) is 4.03. The number of benzene rings is 1. The van der Waals surface area contributed by atoms with Crippen LogP contribution in [-0.2, 0) is 12.8 Å². The molecule has 1 saturated heterocycles. The standard InChI is InChI=1S/C24H23BrClN4O3/c25-18-12-17-4-3-16-13-19(26)5-6-21(16)23(22(17)27-14-18)28-8-10-29(11-9-28)24(31)33-20-2-1-7-30(32)15-20/h1-2,5-7,12-15,23,32H,3-4,8-11H2/q+1. The number of ether oxygens (including phenoxy) is 1. The molecule has 5 rings (SSSR count). The van der Waals surface area contributed by atoms with E-state index in [0.29, 0.717) is 31.9 Å². The molecule has 1 N–H and O–H groups in total. The Bertz CT molecular complexity index is 1150. The van der Waals surface area contributed by atoms with Gasteiger partial charge in [0.15, 0.2) is 0 Å². The van der Waals surface area contributed by atoms with Gasteiger partial charge in [0, 0.05) is 52.7 Å². The van der Waals surface area contributed by atoms with Gasteiger partial charge in [0.05, 0.1) is 11.7 Å². The largest absolute Gasteiger partial charge is 0.415 e. The number of fused-ring (bicyclic) bond motifs is 2. The predicted molar refractivity (Wildman–Crippen MR) is 126 cm³/mol. The van der Waals surface area contributed by atoms with Crippen molar-refractivity contribution in [3.8, 4) is 5.75 Å². The Morgan fingerprint density at radius 2 is 1.94 bits per heavy atom. The highest BCUT2D eigenvalue weighted by atomic mass is 79.9. The molecule has 9 heteroatoms. The van der Waals surface area contributed by atoms with E-state index in [-0.39, 0.29) is 6.04 Å². The minimum Gasteiger partial charge on any atom is -0.404 e. The molecule has 2 aromatic heterocycles. The number of halogens is 2. The van der Waals surface area contributed by atoms with Crippen LogP contribution in [0.2, 0.25) is 5.02 Å². The van der Waals surface area contributed by atoms with E-state index in [1.54, 1.807) is 17.0 Å². The van der Waals surface area contributed by atoms with E-state index in [9.17, 15) is 10.0 Å². The SMILES string of the molecule is O=C(Oc1ccc[n+](O)c1)N1CCN(C2c3ccc(Cl)cc3CCc3cc(Br)cnc32)CC1. The minimum atomic E-state index is -0.420. The van der Waals surface area contributed by atoms with Gasteiger partial charge in [-0.15, -0.1) is 0 Å². The van der Waals surface area contributed by atoms with Gasteiger partial charge in [-0.05, 0) is 69.7 Å². The molecule has 0 saturated carbocycles. The average Bonchev–Trinajstić information content (AvgIpc) is 2.95. The van der Waals surface area contributed by atoms with Crippen molar-refractivity contribution in [3.05, 3.63) is 86.9 Å². The summed E-state index contributed by atoms with van der Waals surface area (Å²) >= 11 is 9.88. The van der Waals surface area contributed by atoms with Crippen molar-refractivity contribution in [1.29, 1.82) is 0 Å². The second kappa shape index (κ2) is 9.29. The highest BCUT2D eigenvalue weighted by Crippen LogP contribution is 2.38. The molecule has 1 aliphatic heterocycles. The molecule has 1 fully saturated rings. The fraction of sp³-hybridized carbons (Fsp3) is 0.292. The van der Waals surface area contributed by atoms with E-state index in [2.05, 4.69) is 39.0 Å². The summed E-state index contributed by atoms with van der Waals surface area (Å²) in [6.07, 6.45) is 6.05. The molecule has 1 amide bonds. The number of piperazine rings is 1. The van der Waals surface area contributed by atoms with Crippen LogP contribution in [0.5, 0.6) is 5.75 Å². The first-order chi connectivity index (χ1) is 16.0. The van der Waals surface area contributed by atoms with E-state index in [1.807, 2.05) is 12.3 Å². The maximum absolute atomic E-state index is 12.7. The van der Waals surface area contributed by atoms with E-state index in [1.165, 1.54) is 29.1 Å². The zero-order valence-corrected chi connectivity index (χ0v) is 20.2. The lowest BCUT2D eigenvalue weighted by molar-refractivity contribution is -0.904. The third-order valence-corrected chi connectivity index (χ3v) is 6.86. The Morgan fingerprint density at radius 1 is 1.15 bits per heavy atom. The van der Waals surface area contributed by atoms with Crippen LogP contribution in [0, 0.1) is 0 Å². The minimum absolute atomic E-state index is 0.00325. The molecule has 0 radical (unpaired) electrons. The third kappa shape index (κ3) is 4.69. The highest BCUT2D eigenvalue weighted by molar-refractivity contribution is 9.10. The summed E-state index contributed by atoms with van der Waals surface area (Å²) in [6.45, 7) is 2.45. The first-order valence-electron chi connectivity index (χ1n) is 10.8. The second-order valence-corrected chi connectivity index (χ2v) is 9.61. The summed E-state index contributed by atoms with van der Waals surface area (Å²) in [5.74, 6) is 0.297. The maximum atomic E-state index is 12.7. The fourth-order valence-electron chi connectivity index (χ4n) is 4.61. The van der Waals surface area contributed by atoms with Crippen LogP contribution >= 0.6 is 27.5 Å². The number of carbonyl (C=O) groups excluding carboxylic acids is 1. The third-order valence-electron chi connectivity index (χ3n) is 6.19. The summed E-state index contributed by atoms with van der Waals surface area (Å²) in [6, 6.07) is 11.5. The molecule has 0 bridgehead atoms. The molecule has 1 aromatic carbocycles. The van der Waals surface area contributed by atoms with Crippen LogP contribution in [0.25, 0.3) is 0 Å². The summed E-state index contributed by atoms with van der Waals surface area (Å²) in [5, 5.41) is 10.3. The molecule has 33 heavy (non-hydrogen) atoms. The molecule has 0 spiro atoms. The molecule has 1 aliphatic carbocycles. The Kier molecular flexibility index (Phi) is 6.23. The van der Waals surface area contributed by atoms with Crippen molar-refractivity contribution < 1.29 is 19.5 Å². The van der Waals surface area contributed by atoms with Crippen LogP contribution < -0.4 is 9.47 Å². The molecule has 2 aliphatic rings. The Morgan fingerprint density at radius 3 is 2.73 bits per heavy atom. The monoisotopic (exact) mass is 529 g/mol. The first-order valence-corrected chi connectivity index (χ1v) is 12.0. The fourth-order valence-corrected chi connectivity index (χ4v) is 5.19. The van der Waals surface area contributed by atoms with Crippen molar-refractivity contribution in [2.45, 2.75) is 18.9 Å². The van der Waals surface area contributed by atoms with Crippen molar-refractivity contribution in [3.63, 3.8) is 0 Å². The molecule has 1 unspecified atom stereocenters. The number of aromatic nitrogens is 2. The number of rotatable bonds is 2. The number of carbonyl (C=O) groups is 1. The number of nitrogens with zero attached hydrogens (tertiary/aromatic N) is 4. The quantitative estimate of drug-likeness (QED) is 0.400. The molecule has 3 aromatic rings. The summed E-state index contributed by atoms with van der Waals surface area (Å²) < 4.78 is 7.26. The van der Waals surface area contributed by atoms with E-state index in [0.717, 1.165) is 32.8 Å². The molecular formula is C24H23BrClN4O3+. The van der Waals surface area contributed by atoms with Gasteiger partial charge in [0.1, 0.15) is 0 Å². The second-order valence-electron chi connectivity index (χ2n) is 8.25. The summed E-state index contributed by atoms with van der Waals surface area (Å²) in [7, 11) is 0. The van der Waals surface area contributed by atoms with Gasteiger partial charge >= 0.3 is 6.09 Å². The van der Waals surface area contributed by atoms with Gasteiger partial charge in [0.25, 0.3) is 6.20 Å². The Hall–Kier alpha value is -2.68. The number of aryl methyl sites for hydroxylation is 2. The van der Waals surface area contributed by atoms with Crippen molar-refractivity contribution in [1.82, 2.24) is 14.8 Å². The molecule has 7 nitrogen and oxygen atoms in total. The van der Waals surface area contributed by atoms with E-state index in [4.69, 9.17) is 21.3 Å². The molecule has 3 heterocycles.